The smallest absolute Gasteiger partial charge is 0.260 e. The number of hydrogen-bond acceptors (Lipinski definition) is 4. The van der Waals surface area contributed by atoms with Crippen LogP contribution in [0.1, 0.15) is 36.2 Å². The molecule has 0 aliphatic carbocycles. The van der Waals surface area contributed by atoms with Crippen LogP contribution in [0.4, 0.5) is 5.13 Å². The Hall–Kier alpha value is -1.73. The molecule has 7 heteroatoms. The number of anilines is 1. The minimum absolute atomic E-state index is 0. The van der Waals surface area contributed by atoms with Gasteiger partial charge in [0.15, 0.2) is 5.13 Å². The van der Waals surface area contributed by atoms with E-state index in [1.165, 1.54) is 16.9 Å². The van der Waals surface area contributed by atoms with Crippen LogP contribution in [0, 0.1) is 6.92 Å². The van der Waals surface area contributed by atoms with Gasteiger partial charge in [-0.2, -0.15) is 0 Å². The molecule has 166 valence electrons. The average Bonchev–Trinajstić information content (AvgIpc) is 3.24. The summed E-state index contributed by atoms with van der Waals surface area (Å²) < 4.78 is 0.961. The fourth-order valence-electron chi connectivity index (χ4n) is 3.27. The molecule has 3 aromatic rings. The van der Waals surface area contributed by atoms with Gasteiger partial charge in [0.05, 0.1) is 5.69 Å². The first-order valence-corrected chi connectivity index (χ1v) is 12.0. The van der Waals surface area contributed by atoms with E-state index in [-0.39, 0.29) is 18.3 Å². The van der Waals surface area contributed by atoms with Gasteiger partial charge in [0.1, 0.15) is 0 Å². The SMILES string of the molecule is CCN(CC)CCCN(C(=O)c1ccc(Br)cc1)c1nc(-c2ccc(C)cc2)cs1.Cl. The van der Waals surface area contributed by atoms with Gasteiger partial charge in [-0.1, -0.05) is 59.6 Å². The van der Waals surface area contributed by atoms with Crippen molar-refractivity contribution in [2.45, 2.75) is 27.2 Å². The first-order chi connectivity index (χ1) is 14.5. The van der Waals surface area contributed by atoms with Crippen LogP contribution in [0.5, 0.6) is 0 Å². The maximum absolute atomic E-state index is 13.3. The van der Waals surface area contributed by atoms with Gasteiger partial charge >= 0.3 is 0 Å². The van der Waals surface area contributed by atoms with Crippen molar-refractivity contribution in [2.75, 3.05) is 31.1 Å². The molecule has 0 unspecified atom stereocenters. The van der Waals surface area contributed by atoms with Crippen molar-refractivity contribution in [1.82, 2.24) is 9.88 Å². The van der Waals surface area contributed by atoms with Gasteiger partial charge in [0, 0.05) is 27.5 Å². The normalized spacial score (nSPS) is 10.7. The lowest BCUT2D eigenvalue weighted by Gasteiger charge is -2.23. The largest absolute Gasteiger partial charge is 0.304 e. The number of amides is 1. The highest BCUT2D eigenvalue weighted by Crippen LogP contribution is 2.29. The molecule has 0 spiro atoms. The third-order valence-electron chi connectivity index (χ3n) is 5.16. The second-order valence-electron chi connectivity index (χ2n) is 7.23. The number of thiazole rings is 1. The lowest BCUT2D eigenvalue weighted by molar-refractivity contribution is 0.0985. The predicted octanol–water partition coefficient (Wildman–Crippen LogP) is 6.68. The second kappa shape index (κ2) is 12.3. The molecule has 0 atom stereocenters. The third-order valence-corrected chi connectivity index (χ3v) is 6.55. The van der Waals surface area contributed by atoms with Gasteiger partial charge in [-0.3, -0.25) is 9.69 Å². The quantitative estimate of drug-likeness (QED) is 0.314. The summed E-state index contributed by atoms with van der Waals surface area (Å²) in [5.74, 6) is -0.00754. The number of benzene rings is 2. The number of hydrogen-bond donors (Lipinski definition) is 0. The summed E-state index contributed by atoms with van der Waals surface area (Å²) in [5.41, 5.74) is 3.88. The van der Waals surface area contributed by atoms with Crippen molar-refractivity contribution >= 4 is 50.7 Å². The second-order valence-corrected chi connectivity index (χ2v) is 8.98. The first-order valence-electron chi connectivity index (χ1n) is 10.3. The standard InChI is InChI=1S/C24H28BrN3OS.ClH/c1-4-27(5-2)15-6-16-28(23(29)20-11-13-21(25)14-12-20)24-26-22(17-30-24)19-9-7-18(3)8-10-19;/h7-14,17H,4-6,15-16H2,1-3H3;1H. The minimum Gasteiger partial charge on any atom is -0.304 e. The highest BCUT2D eigenvalue weighted by atomic mass is 79.9. The fourth-order valence-corrected chi connectivity index (χ4v) is 4.39. The van der Waals surface area contributed by atoms with Crippen molar-refractivity contribution < 1.29 is 4.79 Å². The molecule has 0 N–H and O–H groups in total. The average molecular weight is 523 g/mol. The van der Waals surface area contributed by atoms with E-state index in [4.69, 9.17) is 4.98 Å². The zero-order valence-electron chi connectivity index (χ0n) is 18.2. The third kappa shape index (κ3) is 6.88. The Morgan fingerprint density at radius 3 is 2.26 bits per heavy atom. The summed E-state index contributed by atoms with van der Waals surface area (Å²) in [4.78, 5) is 22.3. The van der Waals surface area contributed by atoms with Crippen LogP contribution in [0.25, 0.3) is 11.3 Å². The van der Waals surface area contributed by atoms with E-state index in [0.29, 0.717) is 12.1 Å². The summed E-state index contributed by atoms with van der Waals surface area (Å²) in [6, 6.07) is 15.9. The number of aryl methyl sites for hydroxylation is 1. The van der Waals surface area contributed by atoms with Crippen LogP contribution < -0.4 is 4.90 Å². The maximum atomic E-state index is 13.3. The van der Waals surface area contributed by atoms with E-state index in [2.05, 4.69) is 65.9 Å². The molecule has 3 rings (SSSR count). The number of halogens is 2. The fraction of sp³-hybridized carbons (Fsp3) is 0.333. The lowest BCUT2D eigenvalue weighted by atomic mass is 10.1. The number of carbonyl (C=O) groups excluding carboxylic acids is 1. The van der Waals surface area contributed by atoms with Gasteiger partial charge in [-0.25, -0.2) is 4.98 Å². The highest BCUT2D eigenvalue weighted by molar-refractivity contribution is 9.10. The summed E-state index contributed by atoms with van der Waals surface area (Å²) in [6.45, 7) is 10.1. The van der Waals surface area contributed by atoms with Crippen LogP contribution in [0.3, 0.4) is 0 Å². The van der Waals surface area contributed by atoms with E-state index >= 15 is 0 Å². The Labute approximate surface area is 203 Å². The minimum atomic E-state index is -0.00754. The van der Waals surface area contributed by atoms with E-state index in [1.54, 1.807) is 0 Å². The van der Waals surface area contributed by atoms with Crippen LogP contribution >= 0.6 is 39.7 Å². The summed E-state index contributed by atoms with van der Waals surface area (Å²) in [7, 11) is 0. The molecule has 1 amide bonds. The lowest BCUT2D eigenvalue weighted by Crippen LogP contribution is -2.34. The molecule has 0 saturated heterocycles. The Morgan fingerprint density at radius 1 is 1.00 bits per heavy atom. The molecule has 1 heterocycles. The van der Waals surface area contributed by atoms with Crippen LogP contribution in [0.15, 0.2) is 58.4 Å². The Kier molecular flexibility index (Phi) is 10.2. The molecular weight excluding hydrogens is 494 g/mol. The molecule has 0 fully saturated rings. The van der Waals surface area contributed by atoms with Crippen LogP contribution in [-0.2, 0) is 0 Å². The highest BCUT2D eigenvalue weighted by Gasteiger charge is 2.21. The Bertz CT molecular complexity index is 956. The molecule has 0 aliphatic heterocycles. The van der Waals surface area contributed by atoms with Crippen LogP contribution in [0.2, 0.25) is 0 Å². The molecule has 31 heavy (non-hydrogen) atoms. The monoisotopic (exact) mass is 521 g/mol. The molecule has 0 saturated carbocycles. The van der Waals surface area contributed by atoms with Crippen molar-refractivity contribution in [3.63, 3.8) is 0 Å². The molecule has 4 nitrogen and oxygen atoms in total. The first kappa shape index (κ1) is 25.5. The van der Waals surface area contributed by atoms with Crippen LogP contribution in [-0.4, -0.2) is 42.0 Å². The van der Waals surface area contributed by atoms with Gasteiger partial charge in [0.2, 0.25) is 0 Å². The topological polar surface area (TPSA) is 36.4 Å². The van der Waals surface area contributed by atoms with Crippen molar-refractivity contribution in [3.05, 3.63) is 69.5 Å². The Balaban J connectivity index is 0.00000341. The molecule has 1 aromatic heterocycles. The molecule has 0 aliphatic rings. The summed E-state index contributed by atoms with van der Waals surface area (Å²) in [6.07, 6.45) is 0.906. The predicted molar refractivity (Wildman–Crippen MR) is 138 cm³/mol. The molecule has 0 bridgehead atoms. The molecular formula is C24H29BrClN3OS. The van der Waals surface area contributed by atoms with E-state index in [9.17, 15) is 4.79 Å². The number of aromatic nitrogens is 1. The van der Waals surface area contributed by atoms with E-state index < -0.39 is 0 Å². The number of nitrogens with zero attached hydrogens (tertiary/aromatic N) is 3. The van der Waals surface area contributed by atoms with Crippen molar-refractivity contribution in [3.8, 4) is 11.3 Å². The van der Waals surface area contributed by atoms with Gasteiger partial charge in [-0.05, 0) is 57.2 Å². The molecule has 0 radical (unpaired) electrons. The van der Waals surface area contributed by atoms with Gasteiger partial charge < -0.3 is 4.90 Å². The van der Waals surface area contributed by atoms with Gasteiger partial charge in [-0.15, -0.1) is 23.7 Å². The van der Waals surface area contributed by atoms with Crippen molar-refractivity contribution in [1.29, 1.82) is 0 Å². The number of carbonyl (C=O) groups is 1. The summed E-state index contributed by atoms with van der Waals surface area (Å²) >= 11 is 4.97. The van der Waals surface area contributed by atoms with Gasteiger partial charge in [0.25, 0.3) is 5.91 Å². The maximum Gasteiger partial charge on any atom is 0.260 e. The zero-order chi connectivity index (χ0) is 21.5. The summed E-state index contributed by atoms with van der Waals surface area (Å²) in [5, 5.41) is 2.78. The Morgan fingerprint density at radius 2 is 1.65 bits per heavy atom. The van der Waals surface area contributed by atoms with Crippen molar-refractivity contribution in [2.24, 2.45) is 0 Å². The number of rotatable bonds is 9. The van der Waals surface area contributed by atoms with E-state index in [0.717, 1.165) is 46.9 Å². The zero-order valence-corrected chi connectivity index (χ0v) is 21.4. The molecule has 2 aromatic carbocycles. The van der Waals surface area contributed by atoms with E-state index in [1.807, 2.05) is 34.5 Å².